The number of hydrogen-bond acceptors (Lipinski definition) is 0. The molecule has 0 aromatic heterocycles. The van der Waals surface area contributed by atoms with Gasteiger partial charge in [0.25, 0.3) is 0 Å². The second-order valence-electron chi connectivity index (χ2n) is 4.03. The Morgan fingerprint density at radius 1 is 0.882 bits per heavy atom. The lowest BCUT2D eigenvalue weighted by Crippen LogP contribution is -1.88. The molecule has 0 aliphatic carbocycles. The summed E-state index contributed by atoms with van der Waals surface area (Å²) in [5.41, 5.74) is 4.59. The molecule has 0 nitrogen and oxygen atoms in total. The molecule has 0 unspecified atom stereocenters. The molecule has 0 radical (unpaired) electrons. The van der Waals surface area contributed by atoms with Gasteiger partial charge in [-0.15, -0.1) is 0 Å². The highest BCUT2D eigenvalue weighted by Crippen LogP contribution is 2.19. The lowest BCUT2D eigenvalue weighted by molar-refractivity contribution is 1.33. The highest BCUT2D eigenvalue weighted by Gasteiger charge is 2.00. The molecule has 84 valence electrons. The van der Waals surface area contributed by atoms with Crippen LogP contribution in [0.15, 0.2) is 46.9 Å². The first-order chi connectivity index (χ1) is 8.16. The van der Waals surface area contributed by atoms with Crippen LogP contribution >= 0.6 is 15.9 Å². The smallest absolute Gasteiger partial charge is 0.0308 e. The zero-order chi connectivity index (χ0) is 12.3. The van der Waals surface area contributed by atoms with E-state index in [1.54, 1.807) is 0 Å². The summed E-state index contributed by atoms with van der Waals surface area (Å²) in [6, 6.07) is 14.3. The van der Waals surface area contributed by atoms with Crippen LogP contribution in [0.4, 0.5) is 0 Å². The Hall–Kier alpha value is -1.52. The molecule has 0 saturated heterocycles. The van der Waals surface area contributed by atoms with Gasteiger partial charge in [0.2, 0.25) is 0 Å². The number of aryl methyl sites for hydroxylation is 2. The SMILES string of the molecule is Cc1cc(Br)cc(C)c1C#Cc1ccccc1. The van der Waals surface area contributed by atoms with Crippen LogP contribution in [0.5, 0.6) is 0 Å². The first kappa shape index (κ1) is 12.0. The van der Waals surface area contributed by atoms with Crippen LogP contribution in [-0.2, 0) is 0 Å². The fourth-order valence-electron chi connectivity index (χ4n) is 1.76. The predicted octanol–water partition coefficient (Wildman–Crippen LogP) is 4.47. The third kappa shape index (κ3) is 2.99. The summed E-state index contributed by atoms with van der Waals surface area (Å²) in [6.45, 7) is 4.18. The molecule has 0 N–H and O–H groups in total. The molecule has 17 heavy (non-hydrogen) atoms. The van der Waals surface area contributed by atoms with Crippen molar-refractivity contribution in [3.63, 3.8) is 0 Å². The van der Waals surface area contributed by atoms with Crippen molar-refractivity contribution in [2.75, 3.05) is 0 Å². The summed E-state index contributed by atoms with van der Waals surface area (Å²) in [7, 11) is 0. The van der Waals surface area contributed by atoms with Gasteiger partial charge in [0.05, 0.1) is 0 Å². The van der Waals surface area contributed by atoms with Crippen molar-refractivity contribution in [1.82, 2.24) is 0 Å². The van der Waals surface area contributed by atoms with Gasteiger partial charge in [-0.2, -0.15) is 0 Å². The first-order valence-electron chi connectivity index (χ1n) is 5.50. The minimum Gasteiger partial charge on any atom is -0.0622 e. The maximum atomic E-state index is 3.49. The highest BCUT2D eigenvalue weighted by molar-refractivity contribution is 9.10. The second kappa shape index (κ2) is 5.21. The van der Waals surface area contributed by atoms with Gasteiger partial charge in [-0.1, -0.05) is 46.0 Å². The monoisotopic (exact) mass is 284 g/mol. The molecule has 0 amide bonds. The van der Waals surface area contributed by atoms with E-state index in [1.165, 1.54) is 11.1 Å². The van der Waals surface area contributed by atoms with Crippen molar-refractivity contribution in [3.8, 4) is 11.8 Å². The molecule has 0 spiro atoms. The molecular formula is C16H13Br. The Balaban J connectivity index is 2.41. The molecule has 2 aromatic rings. The van der Waals surface area contributed by atoms with Gasteiger partial charge in [0.1, 0.15) is 0 Å². The standard InChI is InChI=1S/C16H13Br/c1-12-10-15(17)11-13(2)16(12)9-8-14-6-4-3-5-7-14/h3-7,10-11H,1-2H3. The normalized spacial score (nSPS) is 9.59. The molecule has 2 rings (SSSR count). The van der Waals surface area contributed by atoms with Crippen molar-refractivity contribution >= 4 is 15.9 Å². The van der Waals surface area contributed by atoms with Gasteiger partial charge in [-0.25, -0.2) is 0 Å². The van der Waals surface area contributed by atoms with Crippen LogP contribution in [0.25, 0.3) is 0 Å². The summed E-state index contributed by atoms with van der Waals surface area (Å²) in [5.74, 6) is 6.45. The molecule has 0 saturated carbocycles. The third-order valence-electron chi connectivity index (χ3n) is 2.60. The Morgan fingerprint density at radius 3 is 2.06 bits per heavy atom. The zero-order valence-electron chi connectivity index (χ0n) is 9.92. The van der Waals surface area contributed by atoms with E-state index in [4.69, 9.17) is 0 Å². The number of benzene rings is 2. The van der Waals surface area contributed by atoms with E-state index in [0.29, 0.717) is 0 Å². The highest BCUT2D eigenvalue weighted by atomic mass is 79.9. The van der Waals surface area contributed by atoms with Gasteiger partial charge >= 0.3 is 0 Å². The minimum absolute atomic E-state index is 1.05. The van der Waals surface area contributed by atoms with Crippen molar-refractivity contribution in [1.29, 1.82) is 0 Å². The average molecular weight is 285 g/mol. The van der Waals surface area contributed by atoms with E-state index < -0.39 is 0 Å². The number of halogens is 1. The van der Waals surface area contributed by atoms with Crippen LogP contribution in [0.1, 0.15) is 22.3 Å². The van der Waals surface area contributed by atoms with E-state index in [-0.39, 0.29) is 0 Å². The molecule has 0 heterocycles. The van der Waals surface area contributed by atoms with Gasteiger partial charge in [0.15, 0.2) is 0 Å². The van der Waals surface area contributed by atoms with Crippen LogP contribution in [-0.4, -0.2) is 0 Å². The van der Waals surface area contributed by atoms with Crippen molar-refractivity contribution in [2.45, 2.75) is 13.8 Å². The molecule has 0 aliphatic rings. The molecule has 2 aromatic carbocycles. The van der Waals surface area contributed by atoms with Crippen LogP contribution in [0, 0.1) is 25.7 Å². The summed E-state index contributed by atoms with van der Waals surface area (Å²) in [4.78, 5) is 0. The Bertz CT molecular complexity index is 563. The van der Waals surface area contributed by atoms with Gasteiger partial charge in [0, 0.05) is 15.6 Å². The summed E-state index contributed by atoms with van der Waals surface area (Å²) in [5, 5.41) is 0. The quantitative estimate of drug-likeness (QED) is 0.627. The van der Waals surface area contributed by atoms with E-state index in [0.717, 1.165) is 15.6 Å². The summed E-state index contributed by atoms with van der Waals surface area (Å²) >= 11 is 3.49. The number of hydrogen-bond donors (Lipinski definition) is 0. The van der Waals surface area contributed by atoms with E-state index in [2.05, 4.69) is 53.8 Å². The van der Waals surface area contributed by atoms with Crippen molar-refractivity contribution < 1.29 is 0 Å². The predicted molar refractivity (Wildman–Crippen MR) is 76.0 cm³/mol. The molecule has 1 heteroatoms. The second-order valence-corrected chi connectivity index (χ2v) is 4.95. The summed E-state index contributed by atoms with van der Waals surface area (Å²) in [6.07, 6.45) is 0. The van der Waals surface area contributed by atoms with Gasteiger partial charge < -0.3 is 0 Å². The van der Waals surface area contributed by atoms with E-state index in [1.807, 2.05) is 30.3 Å². The molecular weight excluding hydrogens is 272 g/mol. The fraction of sp³-hybridized carbons (Fsp3) is 0.125. The molecule has 0 fully saturated rings. The third-order valence-corrected chi connectivity index (χ3v) is 3.06. The van der Waals surface area contributed by atoms with Crippen LogP contribution in [0.3, 0.4) is 0 Å². The largest absolute Gasteiger partial charge is 0.0622 e. The first-order valence-corrected chi connectivity index (χ1v) is 6.30. The van der Waals surface area contributed by atoms with Crippen molar-refractivity contribution in [2.24, 2.45) is 0 Å². The summed E-state index contributed by atoms with van der Waals surface area (Å²) < 4.78 is 1.11. The molecule has 0 atom stereocenters. The minimum atomic E-state index is 1.05. The van der Waals surface area contributed by atoms with E-state index >= 15 is 0 Å². The van der Waals surface area contributed by atoms with Crippen molar-refractivity contribution in [3.05, 3.63) is 69.2 Å². The maximum absolute atomic E-state index is 3.49. The number of rotatable bonds is 0. The zero-order valence-corrected chi connectivity index (χ0v) is 11.5. The fourth-order valence-corrected chi connectivity index (χ4v) is 2.45. The lowest BCUT2D eigenvalue weighted by atomic mass is 10.0. The Labute approximate surface area is 111 Å². The van der Waals surface area contributed by atoms with E-state index in [9.17, 15) is 0 Å². The maximum Gasteiger partial charge on any atom is 0.0308 e. The van der Waals surface area contributed by atoms with Crippen LogP contribution in [0.2, 0.25) is 0 Å². The molecule has 0 aliphatic heterocycles. The van der Waals surface area contributed by atoms with Crippen LogP contribution < -0.4 is 0 Å². The lowest BCUT2D eigenvalue weighted by Gasteiger charge is -2.03. The van der Waals surface area contributed by atoms with Gasteiger partial charge in [-0.3, -0.25) is 0 Å². The topological polar surface area (TPSA) is 0 Å². The van der Waals surface area contributed by atoms with Gasteiger partial charge in [-0.05, 0) is 49.2 Å². The average Bonchev–Trinajstić information content (AvgIpc) is 2.29. The Morgan fingerprint density at radius 2 is 1.47 bits per heavy atom. The Kier molecular flexibility index (Phi) is 3.66. The molecule has 0 bridgehead atoms.